The van der Waals surface area contributed by atoms with Crippen LogP contribution in [0.1, 0.15) is 26.5 Å². The van der Waals surface area contributed by atoms with Crippen molar-refractivity contribution in [2.75, 3.05) is 13.7 Å². The standard InChI is InChI=1S/C15H16F6N2O3.2H2/c1-8(24)23-12(7-26-2)13(25)22-6-9-3-10(14(16,17)18)5-11(4-9)15(19,20)21;;/h3-5,12H,6-7H2,1-2H3,(H,22,25)(H,23,24);2*1H/t12-;;/m1../s1. The molecule has 1 atom stereocenters. The second-order valence-electron chi connectivity index (χ2n) is 5.34. The smallest absolute Gasteiger partial charge is 0.382 e. The first-order valence-corrected chi connectivity index (χ1v) is 7.16. The molecule has 2 N–H and O–H groups in total. The highest BCUT2D eigenvalue weighted by Gasteiger charge is 2.36. The molecule has 1 aromatic rings. The quantitative estimate of drug-likeness (QED) is 0.734. The number of amides is 2. The van der Waals surface area contributed by atoms with Gasteiger partial charge in [0.15, 0.2) is 0 Å². The molecule has 0 radical (unpaired) electrons. The van der Waals surface area contributed by atoms with Crippen LogP contribution in [0, 0.1) is 0 Å². The molecule has 1 rings (SSSR count). The zero-order valence-electron chi connectivity index (χ0n) is 13.7. The van der Waals surface area contributed by atoms with Crippen LogP contribution in [0.15, 0.2) is 18.2 Å². The summed E-state index contributed by atoms with van der Waals surface area (Å²) in [7, 11) is 1.25. The molecule has 0 bridgehead atoms. The van der Waals surface area contributed by atoms with Crippen molar-refractivity contribution in [3.63, 3.8) is 0 Å². The molecule has 2 amide bonds. The van der Waals surface area contributed by atoms with E-state index in [1.54, 1.807) is 0 Å². The van der Waals surface area contributed by atoms with Crippen LogP contribution < -0.4 is 10.6 Å². The summed E-state index contributed by atoms with van der Waals surface area (Å²) < 4.78 is 81.5. The van der Waals surface area contributed by atoms with Gasteiger partial charge in [-0.25, -0.2) is 0 Å². The highest BCUT2D eigenvalue weighted by molar-refractivity contribution is 5.86. The van der Waals surface area contributed by atoms with Crippen LogP contribution in [0.2, 0.25) is 0 Å². The third-order valence-electron chi connectivity index (χ3n) is 3.14. The first-order chi connectivity index (χ1) is 11.8. The van der Waals surface area contributed by atoms with Gasteiger partial charge in [-0.05, 0) is 23.8 Å². The van der Waals surface area contributed by atoms with Crippen molar-refractivity contribution in [3.05, 3.63) is 34.9 Å². The lowest BCUT2D eigenvalue weighted by Crippen LogP contribution is -2.48. The van der Waals surface area contributed by atoms with Crippen LogP contribution in [0.4, 0.5) is 26.3 Å². The summed E-state index contributed by atoms with van der Waals surface area (Å²) >= 11 is 0. The number of hydrogen-bond donors (Lipinski definition) is 2. The van der Waals surface area contributed by atoms with Crippen LogP contribution in [-0.2, 0) is 33.2 Å². The van der Waals surface area contributed by atoms with Crippen molar-refractivity contribution in [1.29, 1.82) is 0 Å². The Morgan fingerprint density at radius 2 is 1.58 bits per heavy atom. The molecule has 0 unspecified atom stereocenters. The molecule has 150 valence electrons. The van der Waals surface area contributed by atoms with Crippen LogP contribution in [-0.4, -0.2) is 31.6 Å². The molecule has 0 fully saturated rings. The number of alkyl halides is 6. The number of benzene rings is 1. The number of carbonyl (C=O) groups is 2. The van der Waals surface area contributed by atoms with Crippen LogP contribution in [0.5, 0.6) is 0 Å². The Labute approximate surface area is 147 Å². The number of hydrogen-bond acceptors (Lipinski definition) is 3. The third kappa shape index (κ3) is 6.54. The average Bonchev–Trinajstić information content (AvgIpc) is 2.49. The molecule has 0 saturated heterocycles. The van der Waals surface area contributed by atoms with E-state index in [1.807, 2.05) is 0 Å². The van der Waals surface area contributed by atoms with E-state index < -0.39 is 47.9 Å². The van der Waals surface area contributed by atoms with E-state index in [2.05, 4.69) is 10.6 Å². The highest BCUT2D eigenvalue weighted by Crippen LogP contribution is 2.36. The van der Waals surface area contributed by atoms with Gasteiger partial charge >= 0.3 is 12.4 Å². The molecular weight excluding hydrogens is 370 g/mol. The predicted molar refractivity (Wildman–Crippen MR) is 82.0 cm³/mol. The van der Waals surface area contributed by atoms with Gasteiger partial charge in [-0.15, -0.1) is 0 Å². The minimum absolute atomic E-state index is 0. The van der Waals surface area contributed by atoms with Gasteiger partial charge in [-0.3, -0.25) is 9.59 Å². The van der Waals surface area contributed by atoms with Crippen molar-refractivity contribution in [2.45, 2.75) is 31.9 Å². The van der Waals surface area contributed by atoms with E-state index in [0.717, 1.165) is 6.92 Å². The van der Waals surface area contributed by atoms with Crippen molar-refractivity contribution < 1.29 is 43.5 Å². The summed E-state index contributed by atoms with van der Waals surface area (Å²) in [5.74, 6) is -1.37. The molecule has 0 aliphatic carbocycles. The predicted octanol–water partition coefficient (Wildman–Crippen LogP) is 2.98. The van der Waals surface area contributed by atoms with Crippen LogP contribution >= 0.6 is 0 Å². The summed E-state index contributed by atoms with van der Waals surface area (Å²) in [5, 5.41) is 4.43. The van der Waals surface area contributed by atoms with E-state index in [1.165, 1.54) is 7.11 Å². The lowest BCUT2D eigenvalue weighted by molar-refractivity contribution is -0.143. The first-order valence-electron chi connectivity index (χ1n) is 7.16. The van der Waals surface area contributed by atoms with Crippen LogP contribution in [0.25, 0.3) is 0 Å². The Kier molecular flexibility index (Phi) is 7.01. The van der Waals surface area contributed by atoms with E-state index in [9.17, 15) is 35.9 Å². The number of rotatable bonds is 6. The van der Waals surface area contributed by atoms with Gasteiger partial charge < -0.3 is 15.4 Å². The van der Waals surface area contributed by atoms with Crippen molar-refractivity contribution in [2.24, 2.45) is 0 Å². The van der Waals surface area contributed by atoms with E-state index in [4.69, 9.17) is 4.74 Å². The zero-order chi connectivity index (χ0) is 20.1. The zero-order valence-corrected chi connectivity index (χ0v) is 13.7. The Morgan fingerprint density at radius 3 is 1.96 bits per heavy atom. The van der Waals surface area contributed by atoms with Gasteiger partial charge in [-0.2, -0.15) is 26.3 Å². The second kappa shape index (κ2) is 8.39. The number of halogens is 6. The maximum absolute atomic E-state index is 12.8. The Morgan fingerprint density at radius 1 is 1.08 bits per heavy atom. The number of methoxy groups -OCH3 is 1. The largest absolute Gasteiger partial charge is 0.416 e. The fourth-order valence-electron chi connectivity index (χ4n) is 2.03. The lowest BCUT2D eigenvalue weighted by atomic mass is 10.0. The Hall–Kier alpha value is -2.30. The number of nitrogens with one attached hydrogen (secondary N) is 2. The SMILES string of the molecule is COC[C@@H](NC(C)=O)C(=O)NCc1cc(C(F)(F)F)cc(C(F)(F)F)c1.[HH].[HH]. The van der Waals surface area contributed by atoms with Gasteiger partial charge in [0, 0.05) is 23.4 Å². The molecule has 0 aliphatic heterocycles. The number of ether oxygens (including phenoxy) is 1. The molecule has 0 heterocycles. The second-order valence-corrected chi connectivity index (χ2v) is 5.34. The Balaban J connectivity index is 0. The summed E-state index contributed by atoms with van der Waals surface area (Å²) in [5.41, 5.74) is -3.35. The van der Waals surface area contributed by atoms with Gasteiger partial charge in [0.1, 0.15) is 6.04 Å². The molecule has 0 aliphatic rings. The first kappa shape index (κ1) is 21.7. The highest BCUT2D eigenvalue weighted by atomic mass is 19.4. The average molecular weight is 390 g/mol. The lowest BCUT2D eigenvalue weighted by Gasteiger charge is -2.18. The fourth-order valence-corrected chi connectivity index (χ4v) is 2.03. The number of carbonyl (C=O) groups excluding carboxylic acids is 2. The van der Waals surface area contributed by atoms with E-state index >= 15 is 0 Å². The van der Waals surface area contributed by atoms with Crippen molar-refractivity contribution in [1.82, 2.24) is 10.6 Å². The minimum atomic E-state index is -4.98. The summed E-state index contributed by atoms with van der Waals surface area (Å²) in [6.07, 6.45) is -9.95. The molecule has 0 aromatic heterocycles. The third-order valence-corrected chi connectivity index (χ3v) is 3.14. The van der Waals surface area contributed by atoms with Crippen molar-refractivity contribution >= 4 is 11.8 Å². The summed E-state index contributed by atoms with van der Waals surface area (Å²) in [6.45, 7) is 0.325. The summed E-state index contributed by atoms with van der Waals surface area (Å²) in [4.78, 5) is 23.0. The fraction of sp³-hybridized carbons (Fsp3) is 0.467. The van der Waals surface area contributed by atoms with Crippen molar-refractivity contribution in [3.8, 4) is 0 Å². The van der Waals surface area contributed by atoms with E-state index in [0.29, 0.717) is 12.1 Å². The van der Waals surface area contributed by atoms with E-state index in [-0.39, 0.29) is 21.1 Å². The maximum Gasteiger partial charge on any atom is 0.416 e. The minimum Gasteiger partial charge on any atom is -0.382 e. The van der Waals surface area contributed by atoms with Gasteiger partial charge in [0.05, 0.1) is 17.7 Å². The molecule has 26 heavy (non-hydrogen) atoms. The molecule has 5 nitrogen and oxygen atoms in total. The van der Waals surface area contributed by atoms with Gasteiger partial charge in [0.2, 0.25) is 11.8 Å². The van der Waals surface area contributed by atoms with Crippen LogP contribution in [0.3, 0.4) is 0 Å². The maximum atomic E-state index is 12.8. The van der Waals surface area contributed by atoms with Gasteiger partial charge in [-0.1, -0.05) is 0 Å². The monoisotopic (exact) mass is 390 g/mol. The Bertz CT molecular complexity index is 636. The molecular formula is C15H20F6N2O3. The molecule has 1 aromatic carbocycles. The summed E-state index contributed by atoms with van der Waals surface area (Å²) in [6, 6.07) is -0.111. The molecule has 0 spiro atoms. The molecule has 11 heteroatoms. The molecule has 0 saturated carbocycles. The normalized spacial score (nSPS) is 13.2. The topological polar surface area (TPSA) is 67.4 Å². The van der Waals surface area contributed by atoms with Gasteiger partial charge in [0.25, 0.3) is 0 Å².